The fraction of sp³-hybridized carbons (Fsp3) is 0.320. The van der Waals surface area contributed by atoms with Crippen molar-refractivity contribution in [1.82, 2.24) is 4.57 Å². The highest BCUT2D eigenvalue weighted by Gasteiger charge is 2.43. The number of rotatable bonds is 6. The summed E-state index contributed by atoms with van der Waals surface area (Å²) in [4.78, 5) is 4.87. The third kappa shape index (κ3) is 4.09. The fourth-order valence-corrected chi connectivity index (χ4v) is 4.08. The van der Waals surface area contributed by atoms with Gasteiger partial charge in [0.05, 0.1) is 19.7 Å². The number of nitrogens with zero attached hydrogens (tertiary/aromatic N) is 3. The average molecular weight is 420 g/mol. The van der Waals surface area contributed by atoms with Crippen LogP contribution in [0.2, 0.25) is 0 Å². The van der Waals surface area contributed by atoms with Crippen LogP contribution in [0.5, 0.6) is 0 Å². The summed E-state index contributed by atoms with van der Waals surface area (Å²) in [6.45, 7) is 4.55. The molecular weight excluding hydrogens is 390 g/mol. The second-order valence-electron chi connectivity index (χ2n) is 8.44. The second-order valence-corrected chi connectivity index (χ2v) is 8.44. The highest BCUT2D eigenvalue weighted by atomic mass is 16.6. The van der Waals surface area contributed by atoms with Crippen LogP contribution in [0.4, 0.5) is 0 Å². The summed E-state index contributed by atoms with van der Waals surface area (Å²) in [5.41, 5.74) is 1.99. The SMILES string of the molecule is COC1=C(n2ccc3ccccc32)N=C(OCc2ccccc2)C(CC(C)C)[N+]1(C)[O-]. The van der Waals surface area contributed by atoms with Crippen LogP contribution in [-0.4, -0.2) is 35.3 Å². The number of aliphatic imine (C=N–C) groups is 1. The van der Waals surface area contributed by atoms with Gasteiger partial charge in [-0.2, -0.15) is 4.99 Å². The number of hydrogen-bond donors (Lipinski definition) is 0. The summed E-state index contributed by atoms with van der Waals surface area (Å²) in [6, 6.07) is 19.4. The molecule has 0 fully saturated rings. The molecular formula is C25H29N3O3. The van der Waals surface area contributed by atoms with E-state index in [1.807, 2.05) is 71.4 Å². The number of hydrogen-bond acceptors (Lipinski definition) is 4. The highest BCUT2D eigenvalue weighted by molar-refractivity contribution is 5.89. The first-order valence-corrected chi connectivity index (χ1v) is 10.6. The molecule has 1 aliphatic heterocycles. The lowest BCUT2D eigenvalue weighted by Crippen LogP contribution is -2.54. The normalized spacial score (nSPS) is 21.5. The fourth-order valence-electron chi connectivity index (χ4n) is 4.08. The summed E-state index contributed by atoms with van der Waals surface area (Å²) in [5, 5.41) is 15.1. The molecule has 2 heterocycles. The first kappa shape index (κ1) is 21.2. The van der Waals surface area contributed by atoms with E-state index in [1.54, 1.807) is 7.05 Å². The largest absolute Gasteiger partial charge is 0.625 e. The number of ether oxygens (including phenoxy) is 2. The van der Waals surface area contributed by atoms with Gasteiger partial charge in [0, 0.05) is 18.0 Å². The molecule has 2 unspecified atom stereocenters. The molecule has 4 rings (SSSR count). The topological polar surface area (TPSA) is 58.8 Å². The number of fused-ring (bicyclic) bond motifs is 1. The summed E-state index contributed by atoms with van der Waals surface area (Å²) in [6.07, 6.45) is 2.56. The van der Waals surface area contributed by atoms with Crippen LogP contribution in [0.1, 0.15) is 25.8 Å². The van der Waals surface area contributed by atoms with Gasteiger partial charge in [-0.3, -0.25) is 9.21 Å². The lowest BCUT2D eigenvalue weighted by Gasteiger charge is -2.46. The van der Waals surface area contributed by atoms with E-state index < -0.39 is 10.7 Å². The van der Waals surface area contributed by atoms with Crippen molar-refractivity contribution in [3.8, 4) is 0 Å². The van der Waals surface area contributed by atoms with Crippen LogP contribution in [0, 0.1) is 11.1 Å². The Labute approximate surface area is 183 Å². The van der Waals surface area contributed by atoms with Crippen molar-refractivity contribution < 1.29 is 14.1 Å². The number of para-hydroxylation sites is 1. The van der Waals surface area contributed by atoms with Crippen molar-refractivity contribution >= 4 is 22.6 Å². The molecule has 0 N–H and O–H groups in total. The Morgan fingerprint density at radius 2 is 1.77 bits per heavy atom. The molecule has 0 aliphatic carbocycles. The number of methoxy groups -OCH3 is 1. The van der Waals surface area contributed by atoms with Crippen molar-refractivity contribution in [1.29, 1.82) is 0 Å². The predicted molar refractivity (Wildman–Crippen MR) is 124 cm³/mol. The molecule has 0 spiro atoms. The molecule has 3 aromatic rings. The molecule has 2 aromatic carbocycles. The number of likely N-dealkylation sites (N-methyl/N-ethyl adjacent to an activating group) is 1. The smallest absolute Gasteiger partial charge is 0.336 e. The van der Waals surface area contributed by atoms with Gasteiger partial charge in [-0.25, -0.2) is 0 Å². The Bertz CT molecular complexity index is 1110. The minimum Gasteiger partial charge on any atom is -0.625 e. The van der Waals surface area contributed by atoms with Crippen LogP contribution in [0.15, 0.2) is 77.7 Å². The van der Waals surface area contributed by atoms with Crippen LogP contribution < -0.4 is 0 Å². The number of hydroxylamine groups is 3. The van der Waals surface area contributed by atoms with Gasteiger partial charge in [0.2, 0.25) is 5.82 Å². The van der Waals surface area contributed by atoms with Crippen LogP contribution in [0.3, 0.4) is 0 Å². The summed E-state index contributed by atoms with van der Waals surface area (Å²) in [7, 11) is 3.16. The Hall–Kier alpha value is -3.09. The molecule has 0 saturated carbocycles. The van der Waals surface area contributed by atoms with Crippen molar-refractivity contribution in [2.24, 2.45) is 10.9 Å². The van der Waals surface area contributed by atoms with E-state index in [0.29, 0.717) is 30.7 Å². The highest BCUT2D eigenvalue weighted by Crippen LogP contribution is 2.36. The molecule has 0 saturated heterocycles. The molecule has 1 aliphatic rings. The summed E-state index contributed by atoms with van der Waals surface area (Å²) < 4.78 is 13.1. The van der Waals surface area contributed by atoms with Crippen molar-refractivity contribution in [3.63, 3.8) is 0 Å². The maximum Gasteiger partial charge on any atom is 0.336 e. The molecule has 6 heteroatoms. The zero-order valence-electron chi connectivity index (χ0n) is 18.5. The molecule has 162 valence electrons. The Kier molecular flexibility index (Phi) is 5.85. The van der Waals surface area contributed by atoms with Gasteiger partial charge in [-0.15, -0.1) is 0 Å². The van der Waals surface area contributed by atoms with Gasteiger partial charge in [0.15, 0.2) is 6.04 Å². The van der Waals surface area contributed by atoms with Crippen molar-refractivity contribution in [3.05, 3.63) is 83.5 Å². The van der Waals surface area contributed by atoms with Gasteiger partial charge in [-0.05, 0) is 23.6 Å². The van der Waals surface area contributed by atoms with E-state index in [1.165, 1.54) is 7.11 Å². The first-order valence-electron chi connectivity index (χ1n) is 10.6. The van der Waals surface area contributed by atoms with E-state index in [-0.39, 0.29) is 5.88 Å². The van der Waals surface area contributed by atoms with E-state index >= 15 is 0 Å². The zero-order valence-corrected chi connectivity index (χ0v) is 18.5. The predicted octanol–water partition coefficient (Wildman–Crippen LogP) is 5.36. The Morgan fingerprint density at radius 3 is 2.48 bits per heavy atom. The number of benzene rings is 2. The minimum absolute atomic E-state index is 0.277. The Morgan fingerprint density at radius 1 is 1.06 bits per heavy atom. The molecule has 1 aromatic heterocycles. The third-order valence-corrected chi connectivity index (χ3v) is 5.64. The van der Waals surface area contributed by atoms with E-state index in [0.717, 1.165) is 16.5 Å². The molecule has 0 bridgehead atoms. The number of quaternary nitrogens is 1. The van der Waals surface area contributed by atoms with Crippen LogP contribution >= 0.6 is 0 Å². The Balaban J connectivity index is 1.81. The van der Waals surface area contributed by atoms with Crippen LogP contribution in [-0.2, 0) is 16.1 Å². The van der Waals surface area contributed by atoms with Gasteiger partial charge in [-0.1, -0.05) is 62.4 Å². The van der Waals surface area contributed by atoms with Crippen molar-refractivity contribution in [2.45, 2.75) is 32.9 Å². The van der Waals surface area contributed by atoms with Gasteiger partial charge in [0.25, 0.3) is 5.90 Å². The second kappa shape index (κ2) is 8.57. The summed E-state index contributed by atoms with van der Waals surface area (Å²) in [5.74, 6) is 1.49. The average Bonchev–Trinajstić information content (AvgIpc) is 3.18. The lowest BCUT2D eigenvalue weighted by atomic mass is 10.0. The van der Waals surface area contributed by atoms with E-state index in [2.05, 4.69) is 13.8 Å². The van der Waals surface area contributed by atoms with E-state index in [9.17, 15) is 5.21 Å². The molecule has 6 nitrogen and oxygen atoms in total. The van der Waals surface area contributed by atoms with E-state index in [4.69, 9.17) is 14.5 Å². The minimum atomic E-state index is -0.704. The molecule has 0 radical (unpaired) electrons. The van der Waals surface area contributed by atoms with Crippen molar-refractivity contribution in [2.75, 3.05) is 14.2 Å². The molecule has 0 amide bonds. The monoisotopic (exact) mass is 419 g/mol. The maximum absolute atomic E-state index is 14.0. The third-order valence-electron chi connectivity index (χ3n) is 5.64. The first-order chi connectivity index (χ1) is 14.9. The van der Waals surface area contributed by atoms with Gasteiger partial charge < -0.3 is 14.7 Å². The quantitative estimate of drug-likeness (QED) is 0.399. The van der Waals surface area contributed by atoms with Gasteiger partial charge in [0.1, 0.15) is 6.61 Å². The summed E-state index contributed by atoms with van der Waals surface area (Å²) >= 11 is 0. The van der Waals surface area contributed by atoms with Gasteiger partial charge >= 0.3 is 5.88 Å². The zero-order chi connectivity index (χ0) is 22.0. The van der Waals surface area contributed by atoms with Crippen LogP contribution in [0.25, 0.3) is 16.7 Å². The maximum atomic E-state index is 14.0. The lowest BCUT2D eigenvalue weighted by molar-refractivity contribution is -0.855. The standard InChI is InChI=1S/C25H29N3O3/c1-18(2)16-22-24(31-17-19-10-6-5-7-11-19)26-23(25(30-4)28(22,3)29)27-15-14-20-12-8-9-13-21(20)27/h5-15,18,22H,16-17H2,1-4H3. The number of aromatic nitrogens is 1. The molecule has 31 heavy (non-hydrogen) atoms. The molecule has 2 atom stereocenters.